The van der Waals surface area contributed by atoms with Crippen molar-refractivity contribution >= 4 is 11.5 Å². The van der Waals surface area contributed by atoms with Crippen LogP contribution in [0.5, 0.6) is 0 Å². The molecular weight excluding hydrogens is 226 g/mol. The highest BCUT2D eigenvalue weighted by atomic mass is 15.4. The van der Waals surface area contributed by atoms with Crippen LogP contribution in [0.25, 0.3) is 0 Å². The van der Waals surface area contributed by atoms with Crippen LogP contribution in [0, 0.1) is 0 Å². The molecule has 1 aromatic heterocycles. The van der Waals surface area contributed by atoms with Crippen LogP contribution in [0.2, 0.25) is 0 Å². The van der Waals surface area contributed by atoms with Gasteiger partial charge in [-0.15, -0.1) is 0 Å². The fourth-order valence-electron chi connectivity index (χ4n) is 2.24. The zero-order chi connectivity index (χ0) is 13.0. The minimum absolute atomic E-state index is 0.784. The molecule has 100 valence electrons. The maximum atomic E-state index is 6.01. The van der Waals surface area contributed by atoms with Gasteiger partial charge in [-0.25, -0.2) is 4.68 Å². The zero-order valence-corrected chi connectivity index (χ0v) is 11.3. The van der Waals surface area contributed by atoms with E-state index in [0.29, 0.717) is 0 Å². The molecule has 0 atom stereocenters. The Hall–Kier alpha value is -1.49. The summed E-state index contributed by atoms with van der Waals surface area (Å²) in [6.45, 7) is 3.94. The number of anilines is 2. The van der Waals surface area contributed by atoms with Gasteiger partial charge in [-0.05, 0) is 33.5 Å². The van der Waals surface area contributed by atoms with E-state index in [1.807, 2.05) is 4.68 Å². The summed E-state index contributed by atoms with van der Waals surface area (Å²) in [6, 6.07) is 0. The Morgan fingerprint density at radius 3 is 2.67 bits per heavy atom. The van der Waals surface area contributed by atoms with Crippen molar-refractivity contribution in [1.82, 2.24) is 14.7 Å². The second kappa shape index (κ2) is 5.91. The Morgan fingerprint density at radius 1 is 1.28 bits per heavy atom. The monoisotopic (exact) mass is 249 g/mol. The molecule has 2 rings (SSSR count). The number of rotatable bonds is 6. The van der Waals surface area contributed by atoms with Crippen LogP contribution in [-0.4, -0.2) is 48.4 Å². The van der Waals surface area contributed by atoms with Crippen LogP contribution in [0.4, 0.5) is 11.5 Å². The lowest BCUT2D eigenvalue weighted by Gasteiger charge is -2.20. The Balaban J connectivity index is 1.92. The minimum atomic E-state index is 0.784. The number of hydrogen-bond donors (Lipinski definition) is 1. The minimum Gasteiger partial charge on any atom is -0.394 e. The fraction of sp³-hybridized carbons (Fsp3) is 0.615. The van der Waals surface area contributed by atoms with Gasteiger partial charge in [0.1, 0.15) is 0 Å². The molecule has 0 bridgehead atoms. The Labute approximate surface area is 109 Å². The number of nitrogen functional groups attached to an aromatic ring is 1. The van der Waals surface area contributed by atoms with Gasteiger partial charge in [-0.1, -0.05) is 12.2 Å². The largest absolute Gasteiger partial charge is 0.394 e. The van der Waals surface area contributed by atoms with Crippen molar-refractivity contribution in [2.45, 2.75) is 19.4 Å². The normalized spacial score (nSPS) is 14.9. The molecule has 2 N–H and O–H groups in total. The Morgan fingerprint density at radius 2 is 2.00 bits per heavy atom. The van der Waals surface area contributed by atoms with Gasteiger partial charge in [-0.3, -0.25) is 0 Å². The van der Waals surface area contributed by atoms with Crippen LogP contribution in [-0.2, 0) is 6.54 Å². The summed E-state index contributed by atoms with van der Waals surface area (Å²) in [5.74, 6) is 1.07. The molecule has 18 heavy (non-hydrogen) atoms. The van der Waals surface area contributed by atoms with Crippen molar-refractivity contribution in [2.75, 3.05) is 44.4 Å². The van der Waals surface area contributed by atoms with Gasteiger partial charge in [0.25, 0.3) is 0 Å². The van der Waals surface area contributed by atoms with E-state index >= 15 is 0 Å². The van der Waals surface area contributed by atoms with Gasteiger partial charge in [0.05, 0.1) is 11.9 Å². The number of unbranched alkanes of at least 4 members (excludes halogenated alkanes) is 1. The first-order valence-corrected chi connectivity index (χ1v) is 6.54. The van der Waals surface area contributed by atoms with Gasteiger partial charge >= 0.3 is 0 Å². The van der Waals surface area contributed by atoms with Gasteiger partial charge < -0.3 is 15.5 Å². The van der Waals surface area contributed by atoms with E-state index in [2.05, 4.69) is 41.1 Å². The molecule has 0 amide bonds. The zero-order valence-electron chi connectivity index (χ0n) is 11.3. The Kier molecular flexibility index (Phi) is 4.25. The van der Waals surface area contributed by atoms with Crippen molar-refractivity contribution in [2.24, 2.45) is 0 Å². The first-order valence-electron chi connectivity index (χ1n) is 6.54. The summed E-state index contributed by atoms with van der Waals surface area (Å²) in [6.07, 6.45) is 8.42. The molecular formula is C13H23N5. The topological polar surface area (TPSA) is 50.3 Å². The highest BCUT2D eigenvalue weighted by Crippen LogP contribution is 2.24. The van der Waals surface area contributed by atoms with Crippen LogP contribution >= 0.6 is 0 Å². The molecule has 0 spiro atoms. The van der Waals surface area contributed by atoms with E-state index in [1.54, 1.807) is 6.20 Å². The van der Waals surface area contributed by atoms with E-state index in [0.717, 1.165) is 44.1 Å². The highest BCUT2D eigenvalue weighted by Gasteiger charge is 2.16. The smallest absolute Gasteiger partial charge is 0.150 e. The van der Waals surface area contributed by atoms with E-state index < -0.39 is 0 Å². The lowest BCUT2D eigenvalue weighted by atomic mass is 10.3. The van der Waals surface area contributed by atoms with Crippen LogP contribution in [0.15, 0.2) is 18.3 Å². The third-order valence-corrected chi connectivity index (χ3v) is 3.18. The van der Waals surface area contributed by atoms with Gasteiger partial charge in [0.2, 0.25) is 0 Å². The molecule has 0 radical (unpaired) electrons. The maximum absolute atomic E-state index is 6.01. The number of aromatic nitrogens is 2. The predicted octanol–water partition coefficient (Wildman–Crippen LogP) is 1.18. The van der Waals surface area contributed by atoms with E-state index in [4.69, 9.17) is 5.73 Å². The summed E-state index contributed by atoms with van der Waals surface area (Å²) in [7, 11) is 4.21. The number of nitrogens with two attached hydrogens (primary N) is 1. The summed E-state index contributed by atoms with van der Waals surface area (Å²) in [4.78, 5) is 4.47. The molecule has 1 aliphatic rings. The molecule has 1 aromatic rings. The van der Waals surface area contributed by atoms with Gasteiger partial charge in [-0.2, -0.15) is 5.10 Å². The van der Waals surface area contributed by atoms with Crippen molar-refractivity contribution in [1.29, 1.82) is 0 Å². The highest BCUT2D eigenvalue weighted by molar-refractivity contribution is 5.63. The lowest BCUT2D eigenvalue weighted by Crippen LogP contribution is -2.23. The van der Waals surface area contributed by atoms with Crippen molar-refractivity contribution in [3.05, 3.63) is 18.3 Å². The van der Waals surface area contributed by atoms with Gasteiger partial charge in [0, 0.05) is 19.6 Å². The lowest BCUT2D eigenvalue weighted by molar-refractivity contribution is 0.384. The van der Waals surface area contributed by atoms with E-state index in [9.17, 15) is 0 Å². The van der Waals surface area contributed by atoms with E-state index in [1.165, 1.54) is 6.42 Å². The second-order valence-corrected chi connectivity index (χ2v) is 5.03. The molecule has 2 heterocycles. The molecule has 0 aliphatic carbocycles. The number of aryl methyl sites for hydroxylation is 1. The molecule has 0 saturated heterocycles. The standard InChI is InChI=1S/C13H23N5/c1-16(2)7-3-6-10-18-13(12(14)11-15-18)17-8-4-5-9-17/h4-5,11H,3,6-10,14H2,1-2H3. The number of hydrogen-bond acceptors (Lipinski definition) is 4. The van der Waals surface area contributed by atoms with Gasteiger partial charge in [0.15, 0.2) is 5.82 Å². The average molecular weight is 249 g/mol. The first-order chi connectivity index (χ1) is 8.68. The first kappa shape index (κ1) is 13.0. The quantitative estimate of drug-likeness (QED) is 0.607. The molecule has 0 aromatic carbocycles. The average Bonchev–Trinajstić information content (AvgIpc) is 2.93. The van der Waals surface area contributed by atoms with Crippen molar-refractivity contribution in [3.63, 3.8) is 0 Å². The molecule has 0 unspecified atom stereocenters. The van der Waals surface area contributed by atoms with Crippen molar-refractivity contribution < 1.29 is 0 Å². The van der Waals surface area contributed by atoms with E-state index in [-0.39, 0.29) is 0 Å². The predicted molar refractivity (Wildman–Crippen MR) is 75.8 cm³/mol. The maximum Gasteiger partial charge on any atom is 0.150 e. The molecule has 0 saturated carbocycles. The fourth-order valence-corrected chi connectivity index (χ4v) is 2.24. The second-order valence-electron chi connectivity index (χ2n) is 5.03. The summed E-state index contributed by atoms with van der Waals surface area (Å²) in [5.41, 5.74) is 6.80. The molecule has 5 nitrogen and oxygen atoms in total. The summed E-state index contributed by atoms with van der Waals surface area (Å²) < 4.78 is 2.04. The summed E-state index contributed by atoms with van der Waals surface area (Å²) >= 11 is 0. The SMILES string of the molecule is CN(C)CCCCn1ncc(N)c1N1CC=CC1. The number of nitrogens with zero attached hydrogens (tertiary/aromatic N) is 4. The third kappa shape index (κ3) is 3.04. The van der Waals surface area contributed by atoms with Crippen molar-refractivity contribution in [3.8, 4) is 0 Å². The summed E-state index contributed by atoms with van der Waals surface area (Å²) in [5, 5.41) is 4.39. The van der Waals surface area contributed by atoms with Crippen LogP contribution < -0.4 is 10.6 Å². The molecule has 5 heteroatoms. The van der Waals surface area contributed by atoms with Crippen LogP contribution in [0.3, 0.4) is 0 Å². The Bertz CT molecular complexity index is 400. The molecule has 0 fully saturated rings. The van der Waals surface area contributed by atoms with Crippen LogP contribution in [0.1, 0.15) is 12.8 Å². The third-order valence-electron chi connectivity index (χ3n) is 3.18. The molecule has 1 aliphatic heterocycles.